The van der Waals surface area contributed by atoms with Gasteiger partial charge in [-0.15, -0.1) is 0 Å². The number of pyridine rings is 2. The van der Waals surface area contributed by atoms with Gasteiger partial charge in [-0.05, 0) is 61.4 Å². The molecule has 0 fully saturated rings. The quantitative estimate of drug-likeness (QED) is 0.729. The minimum Gasteiger partial charge on any atom is -0.473 e. The summed E-state index contributed by atoms with van der Waals surface area (Å²) in [6.07, 6.45) is 11.8. The molecule has 0 amide bonds. The average Bonchev–Trinajstić information content (AvgIpc) is 2.67. The first-order chi connectivity index (χ1) is 12.3. The molecule has 0 unspecified atom stereocenters. The van der Waals surface area contributed by atoms with Crippen LogP contribution in [0.25, 0.3) is 11.1 Å². The molecule has 1 aliphatic carbocycles. The van der Waals surface area contributed by atoms with Crippen LogP contribution >= 0.6 is 0 Å². The van der Waals surface area contributed by atoms with Gasteiger partial charge >= 0.3 is 0 Å². The van der Waals surface area contributed by atoms with E-state index in [2.05, 4.69) is 15.0 Å². The smallest absolute Gasteiger partial charge is 0.214 e. The fourth-order valence-corrected chi connectivity index (χ4v) is 3.18. The second-order valence-corrected chi connectivity index (χ2v) is 6.30. The van der Waals surface area contributed by atoms with Crippen molar-refractivity contribution in [1.29, 1.82) is 0 Å². The summed E-state index contributed by atoms with van der Waals surface area (Å²) in [6, 6.07) is 5.93. The Balaban J connectivity index is 1.68. The number of nitrogens with zero attached hydrogens (tertiary/aromatic N) is 4. The second kappa shape index (κ2) is 6.97. The first kappa shape index (κ1) is 15.7. The third-order valence-electron chi connectivity index (χ3n) is 4.50. The molecular formula is C20H20N4O. The van der Waals surface area contributed by atoms with Crippen LogP contribution in [0.3, 0.4) is 0 Å². The number of fused-ring (bicyclic) bond motifs is 1. The first-order valence-electron chi connectivity index (χ1n) is 8.63. The van der Waals surface area contributed by atoms with Gasteiger partial charge in [0.05, 0.1) is 0 Å². The van der Waals surface area contributed by atoms with Crippen LogP contribution in [0.2, 0.25) is 0 Å². The standard InChI is InChI=1S/C20H20N4O/c1-14-22-11-16(12-23-14)18-10-20(24-19-5-3-2-4-17(18)19)25-13-15-6-8-21-9-7-15/h6-12H,2-5,13H2,1H3. The molecule has 0 radical (unpaired) electrons. The van der Waals surface area contributed by atoms with Crippen LogP contribution in [0, 0.1) is 6.92 Å². The van der Waals surface area contributed by atoms with Crippen LogP contribution in [0.5, 0.6) is 5.88 Å². The van der Waals surface area contributed by atoms with Crippen LogP contribution in [-0.4, -0.2) is 19.9 Å². The van der Waals surface area contributed by atoms with E-state index in [1.165, 1.54) is 18.4 Å². The van der Waals surface area contributed by atoms with E-state index in [1.807, 2.05) is 37.5 Å². The van der Waals surface area contributed by atoms with Crippen LogP contribution < -0.4 is 4.74 Å². The highest BCUT2D eigenvalue weighted by atomic mass is 16.5. The summed E-state index contributed by atoms with van der Waals surface area (Å²) < 4.78 is 5.96. The molecule has 3 heterocycles. The summed E-state index contributed by atoms with van der Waals surface area (Å²) in [4.78, 5) is 17.5. The third kappa shape index (κ3) is 3.50. The van der Waals surface area contributed by atoms with Gasteiger partial charge in [-0.2, -0.15) is 0 Å². The Morgan fingerprint density at radius 2 is 1.80 bits per heavy atom. The monoisotopic (exact) mass is 332 g/mol. The first-order valence-corrected chi connectivity index (χ1v) is 8.63. The van der Waals surface area contributed by atoms with Gasteiger partial charge in [0.25, 0.3) is 0 Å². The Labute approximate surface area is 147 Å². The average molecular weight is 332 g/mol. The molecular weight excluding hydrogens is 312 g/mol. The molecule has 0 saturated heterocycles. The van der Waals surface area contributed by atoms with E-state index >= 15 is 0 Å². The summed E-state index contributed by atoms with van der Waals surface area (Å²) in [5.74, 6) is 1.44. The number of rotatable bonds is 4. The molecule has 4 rings (SSSR count). The highest BCUT2D eigenvalue weighted by Gasteiger charge is 2.18. The van der Waals surface area contributed by atoms with Crippen LogP contribution in [0.15, 0.2) is 43.0 Å². The summed E-state index contributed by atoms with van der Waals surface area (Å²) in [5, 5.41) is 0. The highest BCUT2D eigenvalue weighted by molar-refractivity contribution is 5.68. The van der Waals surface area contributed by atoms with E-state index in [4.69, 9.17) is 9.72 Å². The zero-order chi connectivity index (χ0) is 17.1. The van der Waals surface area contributed by atoms with E-state index < -0.39 is 0 Å². The van der Waals surface area contributed by atoms with E-state index in [0.717, 1.165) is 41.1 Å². The predicted octanol–water partition coefficient (Wildman–Crippen LogP) is 3.70. The topological polar surface area (TPSA) is 60.8 Å². The molecule has 3 aromatic heterocycles. The summed E-state index contributed by atoms with van der Waals surface area (Å²) in [5.41, 5.74) is 5.72. The fourth-order valence-electron chi connectivity index (χ4n) is 3.18. The van der Waals surface area contributed by atoms with Gasteiger partial charge in [0.15, 0.2) is 0 Å². The lowest BCUT2D eigenvalue weighted by Gasteiger charge is -2.20. The van der Waals surface area contributed by atoms with E-state index in [-0.39, 0.29) is 0 Å². The maximum absolute atomic E-state index is 5.96. The molecule has 0 spiro atoms. The zero-order valence-corrected chi connectivity index (χ0v) is 14.3. The van der Waals surface area contributed by atoms with Crippen molar-refractivity contribution in [2.75, 3.05) is 0 Å². The Morgan fingerprint density at radius 1 is 1.04 bits per heavy atom. The van der Waals surface area contributed by atoms with E-state index in [0.29, 0.717) is 12.5 Å². The second-order valence-electron chi connectivity index (χ2n) is 6.30. The minimum absolute atomic E-state index is 0.484. The molecule has 5 nitrogen and oxygen atoms in total. The van der Waals surface area contributed by atoms with Crippen molar-refractivity contribution < 1.29 is 4.74 Å². The van der Waals surface area contributed by atoms with Gasteiger partial charge in [0.2, 0.25) is 5.88 Å². The molecule has 0 aromatic carbocycles. The molecule has 0 bridgehead atoms. The van der Waals surface area contributed by atoms with Crippen molar-refractivity contribution >= 4 is 0 Å². The lowest BCUT2D eigenvalue weighted by Crippen LogP contribution is -2.09. The Kier molecular flexibility index (Phi) is 4.37. The summed E-state index contributed by atoms with van der Waals surface area (Å²) in [7, 11) is 0. The summed E-state index contributed by atoms with van der Waals surface area (Å²) >= 11 is 0. The number of hydrogen-bond acceptors (Lipinski definition) is 5. The third-order valence-corrected chi connectivity index (χ3v) is 4.50. The molecule has 0 aliphatic heterocycles. The van der Waals surface area contributed by atoms with E-state index in [9.17, 15) is 0 Å². The number of aryl methyl sites for hydroxylation is 2. The fraction of sp³-hybridized carbons (Fsp3) is 0.300. The zero-order valence-electron chi connectivity index (χ0n) is 14.3. The predicted molar refractivity (Wildman–Crippen MR) is 95.2 cm³/mol. The Morgan fingerprint density at radius 3 is 2.60 bits per heavy atom. The number of hydrogen-bond donors (Lipinski definition) is 0. The summed E-state index contributed by atoms with van der Waals surface area (Å²) in [6.45, 7) is 2.38. The van der Waals surface area contributed by atoms with Crippen LogP contribution in [0.4, 0.5) is 0 Å². The maximum Gasteiger partial charge on any atom is 0.214 e. The lowest BCUT2D eigenvalue weighted by molar-refractivity contribution is 0.292. The molecule has 126 valence electrons. The molecule has 1 aliphatic rings. The normalized spacial score (nSPS) is 13.3. The highest BCUT2D eigenvalue weighted by Crippen LogP contribution is 2.33. The van der Waals surface area contributed by atoms with Gasteiger partial charge in [0.1, 0.15) is 12.4 Å². The largest absolute Gasteiger partial charge is 0.473 e. The molecule has 0 atom stereocenters. The van der Waals surface area contributed by atoms with Crippen molar-refractivity contribution in [3.63, 3.8) is 0 Å². The molecule has 5 heteroatoms. The minimum atomic E-state index is 0.484. The number of ether oxygens (including phenoxy) is 1. The van der Waals surface area contributed by atoms with Gasteiger partial charge in [-0.1, -0.05) is 0 Å². The van der Waals surface area contributed by atoms with Gasteiger partial charge in [0, 0.05) is 42.1 Å². The van der Waals surface area contributed by atoms with Gasteiger partial charge in [-0.3, -0.25) is 4.98 Å². The van der Waals surface area contributed by atoms with Crippen molar-refractivity contribution in [2.24, 2.45) is 0 Å². The van der Waals surface area contributed by atoms with Crippen LogP contribution in [0.1, 0.15) is 35.5 Å². The van der Waals surface area contributed by atoms with Crippen molar-refractivity contribution in [3.8, 4) is 17.0 Å². The van der Waals surface area contributed by atoms with Gasteiger partial charge < -0.3 is 4.74 Å². The van der Waals surface area contributed by atoms with Crippen molar-refractivity contribution in [2.45, 2.75) is 39.2 Å². The molecule has 0 N–H and O–H groups in total. The Hall–Kier alpha value is -2.82. The molecule has 0 saturated carbocycles. The SMILES string of the molecule is Cc1ncc(-c2cc(OCc3ccncc3)nc3c2CCCC3)cn1. The van der Waals surface area contributed by atoms with Crippen LogP contribution in [-0.2, 0) is 19.4 Å². The Bertz CT molecular complexity index is 863. The van der Waals surface area contributed by atoms with Crippen molar-refractivity contribution in [1.82, 2.24) is 19.9 Å². The maximum atomic E-state index is 5.96. The lowest BCUT2D eigenvalue weighted by atomic mass is 9.90. The molecule has 25 heavy (non-hydrogen) atoms. The van der Waals surface area contributed by atoms with E-state index in [1.54, 1.807) is 12.4 Å². The van der Waals surface area contributed by atoms with Gasteiger partial charge in [-0.25, -0.2) is 15.0 Å². The number of aromatic nitrogens is 4. The van der Waals surface area contributed by atoms with Crippen molar-refractivity contribution in [3.05, 3.63) is 65.6 Å². The molecule has 3 aromatic rings.